The molecule has 0 unspecified atom stereocenters. The second-order valence-electron chi connectivity index (χ2n) is 7.80. The second-order valence-corrected chi connectivity index (χ2v) is 7.80. The number of hydrogen-bond donors (Lipinski definition) is 5. The number of aromatic amines is 1. The number of carbonyl (C=O) groups is 1. The summed E-state index contributed by atoms with van der Waals surface area (Å²) in [7, 11) is 1.58. The van der Waals surface area contributed by atoms with Crippen molar-refractivity contribution in [1.29, 1.82) is 0 Å². The molecule has 0 saturated heterocycles. The number of H-pyrrole nitrogens is 1. The molecule has 0 fully saturated rings. The van der Waals surface area contributed by atoms with Crippen molar-refractivity contribution in [2.24, 2.45) is 5.73 Å². The summed E-state index contributed by atoms with van der Waals surface area (Å²) in [6.45, 7) is 3.77. The van der Waals surface area contributed by atoms with Gasteiger partial charge in [0.1, 0.15) is 17.3 Å². The smallest absolute Gasteiger partial charge is 0.328 e. The molecule has 1 atom stereocenters. The van der Waals surface area contributed by atoms with Gasteiger partial charge in [-0.2, -0.15) is 9.97 Å². The molecule has 34 heavy (non-hydrogen) atoms. The fourth-order valence-electron chi connectivity index (χ4n) is 3.54. The van der Waals surface area contributed by atoms with Crippen molar-refractivity contribution in [3.05, 3.63) is 39.8 Å². The molecule has 1 aromatic carbocycles. The summed E-state index contributed by atoms with van der Waals surface area (Å²) in [6, 6.07) is 5.08. The fourth-order valence-corrected chi connectivity index (χ4v) is 3.54. The number of unbranched alkanes of at least 4 members (excludes halogenated alkanes) is 1. The Hall–Kier alpha value is -3.64. The molecule has 0 bridgehead atoms. The van der Waals surface area contributed by atoms with Gasteiger partial charge in [-0.1, -0.05) is 18.6 Å². The molecule has 0 aliphatic carbocycles. The van der Waals surface area contributed by atoms with Crippen LogP contribution in [0.2, 0.25) is 0 Å². The van der Waals surface area contributed by atoms with E-state index in [0.29, 0.717) is 36.5 Å². The SMILES string of the molecule is CCOc1nc(N)c2[nH]c(=O)n(Cc3ccc(CNCCCC[C@H](N)C(=O)O)cc3OC)c2n1. The minimum atomic E-state index is -0.972. The van der Waals surface area contributed by atoms with Crippen LogP contribution in [-0.2, 0) is 17.9 Å². The highest BCUT2D eigenvalue weighted by Crippen LogP contribution is 2.23. The van der Waals surface area contributed by atoms with Crippen LogP contribution in [0.5, 0.6) is 11.8 Å². The number of ether oxygens (including phenoxy) is 2. The largest absolute Gasteiger partial charge is 0.496 e. The summed E-state index contributed by atoms with van der Waals surface area (Å²) in [5.41, 5.74) is 13.6. The zero-order valence-electron chi connectivity index (χ0n) is 19.3. The van der Waals surface area contributed by atoms with Gasteiger partial charge in [-0.3, -0.25) is 9.36 Å². The number of rotatable bonds is 13. The van der Waals surface area contributed by atoms with Crippen LogP contribution >= 0.6 is 0 Å². The standard InChI is InChI=1S/C22H31N7O5/c1-3-34-21-27-18(24)17-19(28-21)29(22(32)26-17)12-14-8-7-13(10-16(14)33-2)11-25-9-5-4-6-15(23)20(30)31/h7-8,10,15,25H,3-6,9,11-12,23H2,1-2H3,(H,26,32)(H,30,31)(H2,24,27,28)/t15-/m0/s1. The maximum absolute atomic E-state index is 12.6. The lowest BCUT2D eigenvalue weighted by molar-refractivity contribution is -0.138. The van der Waals surface area contributed by atoms with E-state index in [1.807, 2.05) is 25.1 Å². The van der Waals surface area contributed by atoms with E-state index in [1.165, 1.54) is 4.57 Å². The third kappa shape index (κ3) is 6.02. The van der Waals surface area contributed by atoms with Gasteiger partial charge >= 0.3 is 17.7 Å². The molecule has 12 nitrogen and oxygen atoms in total. The molecule has 0 aliphatic heterocycles. The molecule has 12 heteroatoms. The Morgan fingerprint density at radius 2 is 2.12 bits per heavy atom. The maximum Gasteiger partial charge on any atom is 0.328 e. The zero-order chi connectivity index (χ0) is 24.7. The van der Waals surface area contributed by atoms with E-state index >= 15 is 0 Å². The number of carboxylic acids is 1. The van der Waals surface area contributed by atoms with Gasteiger partial charge in [0.05, 0.1) is 20.3 Å². The summed E-state index contributed by atoms with van der Waals surface area (Å²) < 4.78 is 12.4. The van der Waals surface area contributed by atoms with E-state index < -0.39 is 12.0 Å². The van der Waals surface area contributed by atoms with Crippen LogP contribution in [0.3, 0.4) is 0 Å². The third-order valence-electron chi connectivity index (χ3n) is 5.35. The van der Waals surface area contributed by atoms with Gasteiger partial charge in [0, 0.05) is 12.1 Å². The van der Waals surface area contributed by atoms with E-state index in [0.717, 1.165) is 30.5 Å². The number of anilines is 1. The number of benzene rings is 1. The Morgan fingerprint density at radius 1 is 1.32 bits per heavy atom. The zero-order valence-corrected chi connectivity index (χ0v) is 19.3. The highest BCUT2D eigenvalue weighted by atomic mass is 16.5. The number of nitrogens with one attached hydrogen (secondary N) is 2. The highest BCUT2D eigenvalue weighted by Gasteiger charge is 2.16. The van der Waals surface area contributed by atoms with Crippen molar-refractivity contribution in [1.82, 2.24) is 24.8 Å². The molecule has 0 radical (unpaired) electrons. The lowest BCUT2D eigenvalue weighted by Gasteiger charge is -2.12. The third-order valence-corrected chi connectivity index (χ3v) is 5.35. The normalized spacial score (nSPS) is 12.1. The first-order valence-electron chi connectivity index (χ1n) is 11.1. The highest BCUT2D eigenvalue weighted by molar-refractivity contribution is 5.82. The van der Waals surface area contributed by atoms with E-state index in [4.69, 9.17) is 26.0 Å². The predicted octanol–water partition coefficient (Wildman–Crippen LogP) is 0.829. The Balaban J connectivity index is 1.67. The molecule has 0 amide bonds. The first-order chi connectivity index (χ1) is 16.3. The lowest BCUT2D eigenvalue weighted by atomic mass is 10.1. The van der Waals surface area contributed by atoms with Crippen LogP contribution in [0.4, 0.5) is 5.82 Å². The Bertz CT molecular complexity index is 1190. The molecular formula is C22H31N7O5. The van der Waals surface area contributed by atoms with E-state index in [1.54, 1.807) is 7.11 Å². The lowest BCUT2D eigenvalue weighted by Crippen LogP contribution is -2.30. The summed E-state index contributed by atoms with van der Waals surface area (Å²) in [5, 5.41) is 12.1. The van der Waals surface area contributed by atoms with Gasteiger partial charge in [-0.25, -0.2) is 4.79 Å². The predicted molar refractivity (Wildman–Crippen MR) is 127 cm³/mol. The summed E-state index contributed by atoms with van der Waals surface area (Å²) >= 11 is 0. The van der Waals surface area contributed by atoms with Crippen molar-refractivity contribution in [3.63, 3.8) is 0 Å². The van der Waals surface area contributed by atoms with Crippen molar-refractivity contribution in [2.75, 3.05) is 26.0 Å². The minimum Gasteiger partial charge on any atom is -0.496 e. The van der Waals surface area contributed by atoms with Crippen molar-refractivity contribution >= 4 is 23.0 Å². The number of aromatic nitrogens is 4. The molecule has 3 aromatic rings. The number of nitrogens with zero attached hydrogens (tertiary/aromatic N) is 3. The Labute approximate surface area is 196 Å². The van der Waals surface area contributed by atoms with Gasteiger partial charge in [-0.15, -0.1) is 0 Å². The Kier molecular flexibility index (Phi) is 8.44. The summed E-state index contributed by atoms with van der Waals surface area (Å²) in [4.78, 5) is 34.4. The van der Waals surface area contributed by atoms with Gasteiger partial charge < -0.3 is 36.3 Å². The monoisotopic (exact) mass is 473 g/mol. The fraction of sp³-hybridized carbons (Fsp3) is 0.455. The van der Waals surface area contributed by atoms with Gasteiger partial charge in [0.2, 0.25) is 0 Å². The molecule has 0 spiro atoms. The summed E-state index contributed by atoms with van der Waals surface area (Å²) in [6.07, 6.45) is 2.02. The molecular weight excluding hydrogens is 442 g/mol. The average molecular weight is 474 g/mol. The quantitative estimate of drug-likeness (QED) is 0.223. The molecule has 7 N–H and O–H groups in total. The van der Waals surface area contributed by atoms with Gasteiger partial charge in [-0.05, 0) is 37.9 Å². The molecule has 3 rings (SSSR count). The number of fused-ring (bicyclic) bond motifs is 1. The number of hydrogen-bond acceptors (Lipinski definition) is 9. The van der Waals surface area contributed by atoms with Crippen LogP contribution in [-0.4, -0.2) is 56.9 Å². The van der Waals surface area contributed by atoms with Crippen LogP contribution in [0, 0.1) is 0 Å². The van der Waals surface area contributed by atoms with Crippen molar-refractivity contribution in [3.8, 4) is 11.8 Å². The number of aliphatic carboxylic acids is 1. The van der Waals surface area contributed by atoms with Crippen molar-refractivity contribution in [2.45, 2.75) is 45.3 Å². The number of nitrogens with two attached hydrogens (primary N) is 2. The van der Waals surface area contributed by atoms with E-state index in [-0.39, 0.29) is 24.1 Å². The maximum atomic E-state index is 12.6. The number of methoxy groups -OCH3 is 1. The van der Waals surface area contributed by atoms with Crippen LogP contribution in [0.15, 0.2) is 23.0 Å². The molecule has 0 aliphatic rings. The van der Waals surface area contributed by atoms with Crippen LogP contribution < -0.4 is 31.9 Å². The number of nitrogen functional groups attached to an aromatic ring is 1. The molecule has 2 aromatic heterocycles. The number of imidazole rings is 1. The Morgan fingerprint density at radius 3 is 2.82 bits per heavy atom. The number of carboxylic acid groups (broad SMARTS) is 1. The first-order valence-corrected chi connectivity index (χ1v) is 11.1. The van der Waals surface area contributed by atoms with Crippen LogP contribution in [0.1, 0.15) is 37.3 Å². The van der Waals surface area contributed by atoms with Crippen LogP contribution in [0.25, 0.3) is 11.2 Å². The average Bonchev–Trinajstić information content (AvgIpc) is 3.12. The minimum absolute atomic E-state index is 0.110. The topological polar surface area (TPSA) is 183 Å². The molecule has 0 saturated carbocycles. The molecule has 2 heterocycles. The van der Waals surface area contributed by atoms with Gasteiger partial charge in [0.25, 0.3) is 0 Å². The second kappa shape index (κ2) is 11.5. The van der Waals surface area contributed by atoms with E-state index in [9.17, 15) is 9.59 Å². The molecule has 184 valence electrons. The van der Waals surface area contributed by atoms with E-state index in [2.05, 4.69) is 20.3 Å². The first kappa shape index (κ1) is 25.0. The summed E-state index contributed by atoms with van der Waals surface area (Å²) in [5.74, 6) is -0.191. The van der Waals surface area contributed by atoms with Gasteiger partial charge in [0.15, 0.2) is 11.5 Å². The van der Waals surface area contributed by atoms with Crippen molar-refractivity contribution < 1.29 is 19.4 Å².